The normalized spacial score (nSPS) is 28.1. The van der Waals surface area contributed by atoms with E-state index in [9.17, 15) is 9.59 Å². The molecule has 3 fully saturated rings. The van der Waals surface area contributed by atoms with Crippen molar-refractivity contribution < 1.29 is 19.1 Å². The number of nitrogens with zero attached hydrogens (tertiary/aromatic N) is 2. The fourth-order valence-electron chi connectivity index (χ4n) is 2.85. The van der Waals surface area contributed by atoms with Gasteiger partial charge in [-0.25, -0.2) is 0 Å². The number of piperazine rings is 1. The number of esters is 2. The minimum absolute atomic E-state index is 0.193. The number of carbonyl (C=O) groups excluding carboxylic acids is 2. The van der Waals surface area contributed by atoms with Gasteiger partial charge in [-0.05, 0) is 12.8 Å². The molecule has 102 valence electrons. The number of hydrogen-bond donors (Lipinski definition) is 0. The molecule has 0 spiro atoms. The molecule has 3 heterocycles. The van der Waals surface area contributed by atoms with Crippen LogP contribution >= 0.6 is 0 Å². The Morgan fingerprint density at radius 3 is 1.61 bits per heavy atom. The van der Waals surface area contributed by atoms with Gasteiger partial charge in [-0.3, -0.25) is 19.4 Å². The number of hydrogen-bond acceptors (Lipinski definition) is 6. The van der Waals surface area contributed by atoms with Crippen LogP contribution in [0, 0.1) is 0 Å². The van der Waals surface area contributed by atoms with Crippen LogP contribution in [-0.4, -0.2) is 74.2 Å². The molecule has 2 bridgehead atoms. The van der Waals surface area contributed by atoms with Crippen molar-refractivity contribution in [2.45, 2.75) is 24.9 Å². The maximum atomic E-state index is 11.3. The molecule has 3 aliphatic heterocycles. The predicted molar refractivity (Wildman–Crippen MR) is 64.0 cm³/mol. The molecule has 18 heavy (non-hydrogen) atoms. The first-order chi connectivity index (χ1) is 8.63. The first-order valence-corrected chi connectivity index (χ1v) is 6.25. The van der Waals surface area contributed by atoms with Crippen LogP contribution < -0.4 is 0 Å². The lowest BCUT2D eigenvalue weighted by molar-refractivity contribution is -0.149. The molecule has 0 aromatic rings. The van der Waals surface area contributed by atoms with Gasteiger partial charge in [0.1, 0.15) is 0 Å². The van der Waals surface area contributed by atoms with Gasteiger partial charge in [0.2, 0.25) is 0 Å². The molecule has 0 saturated carbocycles. The van der Waals surface area contributed by atoms with Crippen LogP contribution in [0.4, 0.5) is 0 Å². The summed E-state index contributed by atoms with van der Waals surface area (Å²) < 4.78 is 9.40. The molecule has 3 saturated heterocycles. The molecule has 6 nitrogen and oxygen atoms in total. The third kappa shape index (κ3) is 2.81. The number of fused-ring (bicyclic) bond motifs is 3. The van der Waals surface area contributed by atoms with E-state index in [1.165, 1.54) is 14.2 Å². The summed E-state index contributed by atoms with van der Waals surface area (Å²) in [4.78, 5) is 26.9. The van der Waals surface area contributed by atoms with Gasteiger partial charge in [0.15, 0.2) is 0 Å². The van der Waals surface area contributed by atoms with Gasteiger partial charge in [0.25, 0.3) is 0 Å². The molecule has 0 aliphatic carbocycles. The Hall–Kier alpha value is -1.14. The lowest BCUT2D eigenvalue weighted by atomic mass is 9.91. The summed E-state index contributed by atoms with van der Waals surface area (Å²) in [5.74, 6) is -0.385. The van der Waals surface area contributed by atoms with E-state index in [0.29, 0.717) is 25.2 Å². The molecule has 0 aromatic heterocycles. The monoisotopic (exact) mass is 256 g/mol. The van der Waals surface area contributed by atoms with E-state index in [0.717, 1.165) is 25.9 Å². The average molecular weight is 256 g/mol. The van der Waals surface area contributed by atoms with Crippen LogP contribution in [0.1, 0.15) is 12.8 Å². The van der Waals surface area contributed by atoms with Crippen molar-refractivity contribution in [3.63, 3.8) is 0 Å². The van der Waals surface area contributed by atoms with E-state index in [1.807, 2.05) is 0 Å². The first kappa shape index (κ1) is 13.3. The van der Waals surface area contributed by atoms with Crippen molar-refractivity contribution in [3.05, 3.63) is 0 Å². The standard InChI is InChI=1S/C12H20N2O4/c1-17-11(15)7-13-5-10-4-3-9(13)6-14(10)8-12(16)18-2/h9-10H,3-8H2,1-2H3/t9-,10+. The van der Waals surface area contributed by atoms with Gasteiger partial charge < -0.3 is 9.47 Å². The molecular weight excluding hydrogens is 236 g/mol. The van der Waals surface area contributed by atoms with Crippen LogP contribution in [0.15, 0.2) is 0 Å². The van der Waals surface area contributed by atoms with Crippen LogP contribution in [0.25, 0.3) is 0 Å². The van der Waals surface area contributed by atoms with E-state index in [4.69, 9.17) is 9.47 Å². The summed E-state index contributed by atoms with van der Waals surface area (Å²) >= 11 is 0. The van der Waals surface area contributed by atoms with Gasteiger partial charge in [-0.1, -0.05) is 0 Å². The number of ether oxygens (including phenoxy) is 2. The fourth-order valence-corrected chi connectivity index (χ4v) is 2.85. The Morgan fingerprint density at radius 2 is 1.33 bits per heavy atom. The van der Waals surface area contributed by atoms with Gasteiger partial charge in [-0.15, -0.1) is 0 Å². The fraction of sp³-hybridized carbons (Fsp3) is 0.833. The number of rotatable bonds is 4. The van der Waals surface area contributed by atoms with Crippen LogP contribution in [-0.2, 0) is 19.1 Å². The topological polar surface area (TPSA) is 59.1 Å². The second-order valence-corrected chi connectivity index (χ2v) is 4.90. The summed E-state index contributed by atoms with van der Waals surface area (Å²) in [6.07, 6.45) is 2.17. The van der Waals surface area contributed by atoms with Crippen molar-refractivity contribution in [2.24, 2.45) is 0 Å². The third-order valence-electron chi connectivity index (χ3n) is 3.88. The number of piperidine rings is 2. The Balaban J connectivity index is 1.90. The second-order valence-electron chi connectivity index (χ2n) is 4.90. The molecule has 2 atom stereocenters. The molecule has 0 unspecified atom stereocenters. The zero-order valence-electron chi connectivity index (χ0n) is 10.9. The Bertz CT molecular complexity index is 302. The highest BCUT2D eigenvalue weighted by Gasteiger charge is 2.40. The molecule has 0 amide bonds. The van der Waals surface area contributed by atoms with Gasteiger partial charge >= 0.3 is 11.9 Å². The quantitative estimate of drug-likeness (QED) is 0.631. The highest BCUT2D eigenvalue weighted by Crippen LogP contribution is 2.28. The van der Waals surface area contributed by atoms with Gasteiger partial charge in [0.05, 0.1) is 27.3 Å². The second kappa shape index (κ2) is 5.67. The van der Waals surface area contributed by atoms with Crippen LogP contribution in [0.5, 0.6) is 0 Å². The van der Waals surface area contributed by atoms with Crippen LogP contribution in [0.3, 0.4) is 0 Å². The molecule has 6 heteroatoms. The van der Waals surface area contributed by atoms with E-state index in [1.54, 1.807) is 0 Å². The summed E-state index contributed by atoms with van der Waals surface area (Å²) in [6, 6.07) is 0.692. The Labute approximate surface area is 107 Å². The smallest absolute Gasteiger partial charge is 0.319 e. The van der Waals surface area contributed by atoms with Gasteiger partial charge in [0, 0.05) is 25.2 Å². The Kier molecular flexibility index (Phi) is 4.19. The minimum Gasteiger partial charge on any atom is -0.468 e. The molecular formula is C12H20N2O4. The lowest BCUT2D eigenvalue weighted by Gasteiger charge is -2.50. The van der Waals surface area contributed by atoms with E-state index in [2.05, 4.69) is 9.80 Å². The first-order valence-electron chi connectivity index (χ1n) is 6.25. The molecule has 0 N–H and O–H groups in total. The van der Waals surface area contributed by atoms with Crippen LogP contribution in [0.2, 0.25) is 0 Å². The molecule has 3 rings (SSSR count). The third-order valence-corrected chi connectivity index (χ3v) is 3.88. The van der Waals surface area contributed by atoms with E-state index in [-0.39, 0.29) is 11.9 Å². The zero-order valence-corrected chi connectivity index (χ0v) is 10.9. The summed E-state index contributed by atoms with van der Waals surface area (Å²) in [7, 11) is 2.82. The van der Waals surface area contributed by atoms with Crippen molar-refractivity contribution in [3.8, 4) is 0 Å². The summed E-state index contributed by atoms with van der Waals surface area (Å²) in [5.41, 5.74) is 0. The van der Waals surface area contributed by atoms with E-state index < -0.39 is 0 Å². The minimum atomic E-state index is -0.193. The van der Waals surface area contributed by atoms with Crippen molar-refractivity contribution in [1.29, 1.82) is 0 Å². The maximum absolute atomic E-state index is 11.3. The van der Waals surface area contributed by atoms with E-state index >= 15 is 0 Å². The molecule has 0 radical (unpaired) electrons. The van der Waals surface area contributed by atoms with Gasteiger partial charge in [-0.2, -0.15) is 0 Å². The molecule has 0 aromatic carbocycles. The largest absolute Gasteiger partial charge is 0.468 e. The zero-order chi connectivity index (χ0) is 13.1. The average Bonchev–Trinajstić information content (AvgIpc) is 2.39. The van der Waals surface area contributed by atoms with Crippen molar-refractivity contribution >= 4 is 11.9 Å². The maximum Gasteiger partial charge on any atom is 0.319 e. The highest BCUT2D eigenvalue weighted by molar-refractivity contribution is 5.72. The summed E-state index contributed by atoms with van der Waals surface area (Å²) in [6.45, 7) is 2.36. The number of carbonyl (C=O) groups is 2. The lowest BCUT2D eigenvalue weighted by Crippen LogP contribution is -2.64. The Morgan fingerprint density at radius 1 is 0.944 bits per heavy atom. The van der Waals surface area contributed by atoms with Crippen molar-refractivity contribution in [1.82, 2.24) is 9.80 Å². The number of methoxy groups -OCH3 is 2. The SMILES string of the molecule is COC(=O)CN1C[C@@H]2CC[C@@H]1CN2CC(=O)OC. The van der Waals surface area contributed by atoms with Crippen molar-refractivity contribution in [2.75, 3.05) is 40.4 Å². The molecule has 3 aliphatic rings. The summed E-state index contributed by atoms with van der Waals surface area (Å²) in [5, 5.41) is 0. The predicted octanol–water partition coefficient (Wildman–Crippen LogP) is -0.519. The highest BCUT2D eigenvalue weighted by atomic mass is 16.5.